The molecular formula is C99H107Cl5N14O4. The van der Waals surface area contributed by atoms with Crippen molar-refractivity contribution >= 4 is 111 Å². The van der Waals surface area contributed by atoms with E-state index in [1.807, 2.05) is 278 Å². The van der Waals surface area contributed by atoms with E-state index in [-0.39, 0.29) is 30.1 Å². The molecule has 18 nitrogen and oxygen atoms in total. The van der Waals surface area contributed by atoms with Crippen LogP contribution in [0.1, 0.15) is 79.6 Å². The number of rotatable bonds is 27. The lowest BCUT2D eigenvalue weighted by Crippen LogP contribution is -2.40. The lowest BCUT2D eigenvalue weighted by Gasteiger charge is -2.29. The van der Waals surface area contributed by atoms with Crippen molar-refractivity contribution in [2.45, 2.75) is 91.4 Å². The van der Waals surface area contributed by atoms with E-state index in [1.165, 1.54) is 37.1 Å². The van der Waals surface area contributed by atoms with Crippen LogP contribution in [0.3, 0.4) is 0 Å². The molecule has 12 aromatic rings. The van der Waals surface area contributed by atoms with Gasteiger partial charge in [0.05, 0.1) is 6.54 Å². The number of carbonyl (C=O) groups is 4. The smallest absolute Gasteiger partial charge is 0.324 e. The third-order valence-electron chi connectivity index (χ3n) is 20.4. The minimum absolute atomic E-state index is 0.0349. The van der Waals surface area contributed by atoms with E-state index in [1.54, 1.807) is 50.7 Å². The molecule has 12 aromatic carbocycles. The fraction of sp³-hybridized carbons (Fsp3) is 0.222. The Balaban J connectivity index is 0.000000171. The number of amides is 8. The Morgan fingerprint density at radius 1 is 0.311 bits per heavy atom. The molecule has 6 N–H and O–H groups in total. The van der Waals surface area contributed by atoms with E-state index in [4.69, 9.17) is 75.2 Å². The summed E-state index contributed by atoms with van der Waals surface area (Å²) in [5.41, 5.74) is 32.7. The molecule has 0 aliphatic carbocycles. The van der Waals surface area contributed by atoms with Crippen molar-refractivity contribution in [1.29, 1.82) is 0 Å². The van der Waals surface area contributed by atoms with Gasteiger partial charge in [-0.1, -0.05) is 270 Å². The van der Waals surface area contributed by atoms with Crippen molar-refractivity contribution in [2.75, 3.05) is 75.0 Å². The van der Waals surface area contributed by atoms with Gasteiger partial charge in [0.2, 0.25) is 0 Å². The number of urea groups is 4. The van der Waals surface area contributed by atoms with Gasteiger partial charge in [-0.25, -0.2) is 24.2 Å². The number of anilines is 4. The second-order valence-electron chi connectivity index (χ2n) is 30.2. The van der Waals surface area contributed by atoms with Gasteiger partial charge in [0.15, 0.2) is 5.96 Å². The standard InChI is InChI=1S/C27H30ClN3O.C25H28ClN3O.C24H25Cl2N5O.C23H24ClN3O/c1-29(26-7-3-2-4-8-26)27(32)31(21-24-13-15-25(28)16-14-24)20-23-11-9-22(10-12-23)19-30-17-5-6-18-30;1-27(2)17-20-9-11-21(12-10-20)18-29(19-22-13-15-23(26)16-14-22)25(30)28(3)24-7-5-4-6-8-24;1-30(21-5-3-2-4-6-21)24(32)31(16-19-11-12-20(25)13-22(19)26)15-18-9-7-17(8-10-18)14-29-23(27)28;1-26(22-5-3-2-4-6-22)23(28)27(17-20-11-13-21(24)14-12-20)16-19-9-7-18(15-25)8-10-19/h2-4,7-16H,5-6,17-21H2,1H3;4-16H,17-19H2,1-3H3;2-13H,14-16H2,1H3,(H4,27,28,29);2-14H,15-17,25H2,1H3. The summed E-state index contributed by atoms with van der Waals surface area (Å²) >= 11 is 30.5. The zero-order valence-electron chi connectivity index (χ0n) is 69.9. The third kappa shape index (κ3) is 29.6. The van der Waals surface area contributed by atoms with Gasteiger partial charge < -0.3 is 41.7 Å². The molecule has 1 aliphatic rings. The number of hydrogen-bond acceptors (Lipinski definition) is 8. The van der Waals surface area contributed by atoms with Gasteiger partial charge in [-0.3, -0.25) is 24.5 Å². The van der Waals surface area contributed by atoms with Crippen LogP contribution >= 0.6 is 58.0 Å². The number of aliphatic imine (C=N–C) groups is 1. The van der Waals surface area contributed by atoms with Crippen molar-refractivity contribution in [3.05, 3.63) is 401 Å². The van der Waals surface area contributed by atoms with E-state index in [9.17, 15) is 19.2 Å². The Labute approximate surface area is 744 Å². The Bertz CT molecular complexity index is 5240. The summed E-state index contributed by atoms with van der Waals surface area (Å²) < 4.78 is 0. The van der Waals surface area contributed by atoms with Crippen LogP contribution in [-0.4, -0.2) is 115 Å². The highest BCUT2D eigenvalue weighted by Gasteiger charge is 2.26. The van der Waals surface area contributed by atoms with E-state index in [0.29, 0.717) is 90.6 Å². The maximum atomic E-state index is 13.4. The summed E-state index contributed by atoms with van der Waals surface area (Å²) in [5.74, 6) is 0.0506. The molecule has 632 valence electrons. The lowest BCUT2D eigenvalue weighted by atomic mass is 10.1. The molecule has 1 heterocycles. The van der Waals surface area contributed by atoms with Gasteiger partial charge in [0.1, 0.15) is 0 Å². The Morgan fingerprint density at radius 3 is 0.844 bits per heavy atom. The van der Waals surface area contributed by atoms with Crippen molar-refractivity contribution in [1.82, 2.24) is 29.4 Å². The number of guanidine groups is 1. The molecule has 13 rings (SSSR count). The number of likely N-dealkylation sites (tertiary alicyclic amines) is 1. The molecule has 0 bridgehead atoms. The molecular weight excluding hydrogens is 1630 g/mol. The average molecular weight is 1730 g/mol. The first-order valence-corrected chi connectivity index (χ1v) is 42.2. The predicted molar refractivity (Wildman–Crippen MR) is 504 cm³/mol. The predicted octanol–water partition coefficient (Wildman–Crippen LogP) is 21.9. The van der Waals surface area contributed by atoms with Crippen molar-refractivity contribution in [3.63, 3.8) is 0 Å². The highest BCUT2D eigenvalue weighted by atomic mass is 35.5. The lowest BCUT2D eigenvalue weighted by molar-refractivity contribution is 0.200. The van der Waals surface area contributed by atoms with Crippen molar-refractivity contribution in [2.24, 2.45) is 22.2 Å². The zero-order valence-corrected chi connectivity index (χ0v) is 73.7. The number of nitrogens with zero attached hydrogens (tertiary/aromatic N) is 11. The quantitative estimate of drug-likeness (QED) is 0.0332. The van der Waals surface area contributed by atoms with Gasteiger partial charge in [-0.15, -0.1) is 0 Å². The van der Waals surface area contributed by atoms with Gasteiger partial charge in [-0.2, -0.15) is 0 Å². The van der Waals surface area contributed by atoms with E-state index >= 15 is 0 Å². The van der Waals surface area contributed by atoms with Crippen molar-refractivity contribution in [3.8, 4) is 0 Å². The summed E-state index contributed by atoms with van der Waals surface area (Å²) in [6.07, 6.45) is 2.60. The highest BCUT2D eigenvalue weighted by Crippen LogP contribution is 2.28. The molecule has 1 aliphatic heterocycles. The summed E-state index contributed by atoms with van der Waals surface area (Å²) in [6.45, 7) is 9.02. The normalized spacial score (nSPS) is 11.5. The zero-order chi connectivity index (χ0) is 86.9. The number of benzene rings is 12. The number of carbonyl (C=O) groups excluding carboxylic acids is 4. The second kappa shape index (κ2) is 47.5. The molecule has 0 atom stereocenters. The second-order valence-corrected chi connectivity index (χ2v) is 32.3. The Hall–Kier alpha value is -11.7. The maximum absolute atomic E-state index is 13.4. The van der Waals surface area contributed by atoms with Crippen LogP contribution in [0.15, 0.2) is 314 Å². The van der Waals surface area contributed by atoms with Gasteiger partial charge in [0, 0.05) is 148 Å². The Morgan fingerprint density at radius 2 is 0.566 bits per heavy atom. The summed E-state index contributed by atoms with van der Waals surface area (Å²) in [5, 5.41) is 3.14. The topological polar surface area (TPSA) is 191 Å². The minimum Gasteiger partial charge on any atom is -0.370 e. The third-order valence-corrected chi connectivity index (χ3v) is 21.8. The van der Waals surface area contributed by atoms with Gasteiger partial charge in [0.25, 0.3) is 0 Å². The van der Waals surface area contributed by atoms with Gasteiger partial charge in [-0.05, 0) is 204 Å². The molecule has 122 heavy (non-hydrogen) atoms. The highest BCUT2D eigenvalue weighted by molar-refractivity contribution is 6.35. The van der Waals surface area contributed by atoms with Crippen LogP contribution in [0.2, 0.25) is 25.1 Å². The number of nitrogens with two attached hydrogens (primary N) is 3. The molecule has 0 radical (unpaired) electrons. The average Bonchev–Trinajstić information content (AvgIpc) is 0.863. The molecule has 23 heteroatoms. The maximum Gasteiger partial charge on any atom is 0.324 e. The van der Waals surface area contributed by atoms with Gasteiger partial charge >= 0.3 is 24.1 Å². The first-order valence-electron chi connectivity index (χ1n) is 40.3. The van der Waals surface area contributed by atoms with E-state index in [0.717, 1.165) is 91.5 Å². The molecule has 0 aromatic heterocycles. The Kier molecular flexibility index (Phi) is 36.1. The summed E-state index contributed by atoms with van der Waals surface area (Å²) in [4.78, 5) is 76.1. The summed E-state index contributed by atoms with van der Waals surface area (Å²) in [7, 11) is 11.3. The number of halogens is 5. The van der Waals surface area contributed by atoms with Crippen LogP contribution in [-0.2, 0) is 78.5 Å². The van der Waals surface area contributed by atoms with Crippen molar-refractivity contribution < 1.29 is 19.2 Å². The molecule has 1 saturated heterocycles. The van der Waals surface area contributed by atoms with E-state index in [2.05, 4.69) is 77.4 Å². The summed E-state index contributed by atoms with van der Waals surface area (Å²) in [6, 6.07) is 99.5. The molecule has 1 fully saturated rings. The minimum atomic E-state index is -0.146. The molecule has 8 amide bonds. The number of para-hydroxylation sites is 4. The van der Waals surface area contributed by atoms with Crippen LogP contribution in [0.25, 0.3) is 0 Å². The fourth-order valence-electron chi connectivity index (χ4n) is 13.6. The fourth-order valence-corrected chi connectivity index (χ4v) is 14.5. The SMILES string of the molecule is CN(C(=O)N(Cc1ccc(CN=C(N)N)cc1)Cc1ccc(Cl)cc1Cl)c1ccccc1.CN(C(=O)N(Cc1ccc(Cl)cc1)Cc1ccc(CN)cc1)c1ccccc1.CN(C(=O)N(Cc1ccc(Cl)cc1)Cc1ccc(CN2CCCC2)cc1)c1ccccc1.CN(C)Cc1ccc(CN(Cc2ccc(Cl)cc2)C(=O)N(C)c2ccccc2)cc1. The largest absolute Gasteiger partial charge is 0.370 e. The van der Waals surface area contributed by atoms with Crippen LogP contribution in [0.4, 0.5) is 41.9 Å². The number of hydrogen-bond donors (Lipinski definition) is 3. The molecule has 0 spiro atoms. The van der Waals surface area contributed by atoms with Crippen LogP contribution in [0.5, 0.6) is 0 Å². The van der Waals surface area contributed by atoms with Crippen LogP contribution in [0, 0.1) is 0 Å². The first-order chi connectivity index (χ1) is 58.9. The monoisotopic (exact) mass is 1730 g/mol. The molecule has 0 saturated carbocycles. The first kappa shape index (κ1) is 92.6. The van der Waals surface area contributed by atoms with Crippen LogP contribution < -0.4 is 36.8 Å². The van der Waals surface area contributed by atoms with E-state index < -0.39 is 0 Å². The molecule has 0 unspecified atom stereocenters.